The molecule has 0 saturated carbocycles. The third-order valence-electron chi connectivity index (χ3n) is 2.81. The summed E-state index contributed by atoms with van der Waals surface area (Å²) < 4.78 is 18.3. The van der Waals surface area contributed by atoms with Gasteiger partial charge in [-0.25, -0.2) is 14.2 Å². The molecule has 1 aromatic heterocycles. The van der Waals surface area contributed by atoms with Crippen molar-refractivity contribution in [3.8, 4) is 0 Å². The number of carbonyl (C=O) groups excluding carboxylic acids is 1. The van der Waals surface area contributed by atoms with Gasteiger partial charge in [-0.05, 0) is 19.1 Å². The first-order chi connectivity index (χ1) is 9.13. The van der Waals surface area contributed by atoms with E-state index in [1.807, 2.05) is 6.92 Å². The van der Waals surface area contributed by atoms with Crippen LogP contribution in [0.15, 0.2) is 23.3 Å². The Kier molecular flexibility index (Phi) is 2.63. The number of rotatable bonds is 2. The molecule has 0 bridgehead atoms. The molecule has 6 heteroatoms. The Bertz CT molecular complexity index is 691. The fourth-order valence-electron chi connectivity index (χ4n) is 1.92. The lowest BCUT2D eigenvalue weighted by Crippen LogP contribution is -1.94. The van der Waals surface area contributed by atoms with E-state index >= 15 is 0 Å². The molecule has 0 atom stereocenters. The van der Waals surface area contributed by atoms with Gasteiger partial charge in [0.05, 0.1) is 17.5 Å². The number of aliphatic imine (C=N–C) groups is 1. The smallest absolute Gasteiger partial charge is 0.339 e. The third-order valence-corrected chi connectivity index (χ3v) is 2.81. The molecule has 2 aromatic rings. The number of aromatic amines is 1. The number of halogens is 1. The topological polar surface area (TPSA) is 67.3 Å². The number of esters is 1. The molecule has 0 spiro atoms. The van der Waals surface area contributed by atoms with Crippen LogP contribution in [0.1, 0.15) is 27.4 Å². The van der Waals surface area contributed by atoms with Crippen LogP contribution in [0.3, 0.4) is 0 Å². The van der Waals surface area contributed by atoms with Gasteiger partial charge in [0.25, 0.3) is 0 Å². The van der Waals surface area contributed by atoms with Crippen LogP contribution in [0.5, 0.6) is 0 Å². The number of imidazole rings is 1. The lowest BCUT2D eigenvalue weighted by atomic mass is 10.1. The monoisotopic (exact) mass is 259 g/mol. The van der Waals surface area contributed by atoms with Crippen LogP contribution in [0.25, 0.3) is 0 Å². The minimum atomic E-state index is -0.514. The molecule has 19 heavy (non-hydrogen) atoms. The number of ether oxygens (including phenoxy) is 1. The third kappa shape index (κ3) is 2.12. The van der Waals surface area contributed by atoms with Crippen LogP contribution in [-0.2, 0) is 11.3 Å². The average Bonchev–Trinajstić information content (AvgIpc) is 2.94. The highest BCUT2D eigenvalue weighted by molar-refractivity contribution is 5.95. The van der Waals surface area contributed by atoms with Crippen LogP contribution >= 0.6 is 0 Å². The summed E-state index contributed by atoms with van der Waals surface area (Å²) in [5.41, 5.74) is 2.13. The van der Waals surface area contributed by atoms with E-state index < -0.39 is 11.8 Å². The molecule has 0 radical (unpaired) electrons. The molecular formula is C13H10FN3O2. The predicted molar refractivity (Wildman–Crippen MR) is 66.1 cm³/mol. The summed E-state index contributed by atoms with van der Waals surface area (Å²) >= 11 is 0. The molecule has 0 unspecified atom stereocenters. The van der Waals surface area contributed by atoms with Gasteiger partial charge in [0.15, 0.2) is 0 Å². The van der Waals surface area contributed by atoms with Gasteiger partial charge >= 0.3 is 5.97 Å². The number of cyclic esters (lactones) is 1. The molecule has 3 rings (SSSR count). The van der Waals surface area contributed by atoms with E-state index in [1.54, 1.807) is 6.20 Å². The molecule has 0 saturated heterocycles. The summed E-state index contributed by atoms with van der Waals surface area (Å²) in [4.78, 5) is 22.6. The number of carbonyl (C=O) groups is 1. The number of benzene rings is 1. The zero-order valence-electron chi connectivity index (χ0n) is 10.1. The number of aryl methyl sites for hydroxylation is 1. The van der Waals surface area contributed by atoms with Crippen molar-refractivity contribution in [3.63, 3.8) is 0 Å². The summed E-state index contributed by atoms with van der Waals surface area (Å²) in [5.74, 6) is -0.457. The maximum absolute atomic E-state index is 13.4. The van der Waals surface area contributed by atoms with Crippen molar-refractivity contribution in [2.24, 2.45) is 4.99 Å². The maximum atomic E-state index is 13.4. The number of hydrogen-bond donors (Lipinski definition) is 1. The Morgan fingerprint density at radius 2 is 2.37 bits per heavy atom. The van der Waals surface area contributed by atoms with Crippen molar-refractivity contribution in [3.05, 3.63) is 46.8 Å². The molecule has 1 aliphatic rings. The largest absolute Gasteiger partial charge is 0.457 e. The molecule has 1 aliphatic heterocycles. The SMILES string of the molecule is Cc1cnc(C=Nc2cc(F)cc3c2COC3=O)[nH]1. The van der Waals surface area contributed by atoms with Crippen LogP contribution in [-0.4, -0.2) is 22.2 Å². The highest BCUT2D eigenvalue weighted by Crippen LogP contribution is 2.30. The lowest BCUT2D eigenvalue weighted by Gasteiger charge is -2.00. The van der Waals surface area contributed by atoms with Gasteiger partial charge in [-0.1, -0.05) is 0 Å². The normalized spacial score (nSPS) is 13.9. The second-order valence-electron chi connectivity index (χ2n) is 4.24. The number of aromatic nitrogens is 2. The molecule has 5 nitrogen and oxygen atoms in total. The molecule has 1 aromatic carbocycles. The van der Waals surface area contributed by atoms with Crippen molar-refractivity contribution in [1.82, 2.24) is 9.97 Å². The van der Waals surface area contributed by atoms with Gasteiger partial charge in [-0.2, -0.15) is 0 Å². The number of nitrogens with zero attached hydrogens (tertiary/aromatic N) is 2. The number of hydrogen-bond acceptors (Lipinski definition) is 4. The summed E-state index contributed by atoms with van der Waals surface area (Å²) in [6.45, 7) is 2.00. The van der Waals surface area contributed by atoms with Crippen molar-refractivity contribution in [2.75, 3.05) is 0 Å². The Hall–Kier alpha value is -2.50. The minimum absolute atomic E-state index is 0.123. The van der Waals surface area contributed by atoms with Crippen LogP contribution in [0.4, 0.5) is 10.1 Å². The van der Waals surface area contributed by atoms with E-state index in [4.69, 9.17) is 4.74 Å². The molecule has 0 amide bonds. The molecule has 2 heterocycles. The quantitative estimate of drug-likeness (QED) is 0.664. The summed E-state index contributed by atoms with van der Waals surface area (Å²) in [6.07, 6.45) is 3.16. The summed E-state index contributed by atoms with van der Waals surface area (Å²) in [5, 5.41) is 0. The van der Waals surface area contributed by atoms with Crippen molar-refractivity contribution in [2.45, 2.75) is 13.5 Å². The number of fused-ring (bicyclic) bond motifs is 1. The highest BCUT2D eigenvalue weighted by atomic mass is 19.1. The average molecular weight is 259 g/mol. The van der Waals surface area contributed by atoms with Gasteiger partial charge in [-0.15, -0.1) is 0 Å². The van der Waals surface area contributed by atoms with Crippen LogP contribution in [0.2, 0.25) is 0 Å². The first kappa shape index (κ1) is 11.6. The van der Waals surface area contributed by atoms with Crippen molar-refractivity contribution >= 4 is 17.9 Å². The number of H-pyrrole nitrogens is 1. The second-order valence-corrected chi connectivity index (χ2v) is 4.24. The van der Waals surface area contributed by atoms with E-state index in [0.29, 0.717) is 17.1 Å². The maximum Gasteiger partial charge on any atom is 0.339 e. The van der Waals surface area contributed by atoms with E-state index in [1.165, 1.54) is 18.3 Å². The highest BCUT2D eigenvalue weighted by Gasteiger charge is 2.24. The van der Waals surface area contributed by atoms with Gasteiger partial charge in [0, 0.05) is 17.5 Å². The fraction of sp³-hybridized carbons (Fsp3) is 0.154. The van der Waals surface area contributed by atoms with E-state index in [9.17, 15) is 9.18 Å². The van der Waals surface area contributed by atoms with Crippen LogP contribution < -0.4 is 0 Å². The zero-order chi connectivity index (χ0) is 13.4. The lowest BCUT2D eigenvalue weighted by molar-refractivity contribution is 0.0535. The van der Waals surface area contributed by atoms with Gasteiger partial charge < -0.3 is 9.72 Å². The predicted octanol–water partition coefficient (Wildman–Crippen LogP) is 2.28. The number of nitrogens with one attached hydrogen (secondary N) is 1. The van der Waals surface area contributed by atoms with Gasteiger partial charge in [0.1, 0.15) is 18.2 Å². The molecule has 0 fully saturated rings. The fourth-order valence-corrected chi connectivity index (χ4v) is 1.92. The zero-order valence-corrected chi connectivity index (χ0v) is 10.1. The summed E-state index contributed by atoms with van der Waals surface area (Å²) in [6, 6.07) is 2.44. The Balaban J connectivity index is 2.00. The molecular weight excluding hydrogens is 249 g/mol. The first-order valence-corrected chi connectivity index (χ1v) is 5.69. The minimum Gasteiger partial charge on any atom is -0.457 e. The van der Waals surface area contributed by atoms with E-state index in [0.717, 1.165) is 5.69 Å². The second kappa shape index (κ2) is 4.31. The Morgan fingerprint density at radius 3 is 3.11 bits per heavy atom. The Labute approximate surface area is 108 Å². The van der Waals surface area contributed by atoms with E-state index in [2.05, 4.69) is 15.0 Å². The molecule has 0 aliphatic carbocycles. The standard InChI is InChI=1S/C13H10FN3O2/c1-7-4-16-12(17-7)5-15-11-3-8(14)2-9-10(11)6-19-13(9)18/h2-5H,6H2,1H3,(H,16,17). The first-order valence-electron chi connectivity index (χ1n) is 5.69. The van der Waals surface area contributed by atoms with Gasteiger partial charge in [-0.3, -0.25) is 4.99 Å². The van der Waals surface area contributed by atoms with E-state index in [-0.39, 0.29) is 12.2 Å². The summed E-state index contributed by atoms with van der Waals surface area (Å²) in [7, 11) is 0. The Morgan fingerprint density at radius 1 is 1.53 bits per heavy atom. The van der Waals surface area contributed by atoms with Crippen molar-refractivity contribution in [1.29, 1.82) is 0 Å². The van der Waals surface area contributed by atoms with Crippen LogP contribution in [0, 0.1) is 12.7 Å². The molecule has 96 valence electrons. The van der Waals surface area contributed by atoms with Crippen molar-refractivity contribution < 1.29 is 13.9 Å². The molecule has 1 N–H and O–H groups in total. The van der Waals surface area contributed by atoms with Gasteiger partial charge in [0.2, 0.25) is 0 Å².